The summed E-state index contributed by atoms with van der Waals surface area (Å²) in [5.74, 6) is -0.0796. The molecule has 1 amide bonds. The van der Waals surface area contributed by atoms with Crippen LogP contribution in [0.3, 0.4) is 0 Å². The van der Waals surface area contributed by atoms with E-state index >= 15 is 0 Å². The van der Waals surface area contributed by atoms with Crippen LogP contribution >= 0.6 is 0 Å². The minimum atomic E-state index is -0.334. The number of rotatable bonds is 4. The van der Waals surface area contributed by atoms with Gasteiger partial charge in [-0.2, -0.15) is 0 Å². The molecule has 1 heterocycles. The molecule has 0 saturated carbocycles. The number of methoxy groups -OCH3 is 1. The van der Waals surface area contributed by atoms with Crippen molar-refractivity contribution in [1.82, 2.24) is 9.97 Å². The molecule has 0 aliphatic carbocycles. The Bertz CT molecular complexity index is 339. The first-order valence-corrected chi connectivity index (χ1v) is 4.00. The minimum absolute atomic E-state index is 0.254. The Hall–Kier alpha value is -1.75. The van der Waals surface area contributed by atoms with E-state index in [0.717, 1.165) is 6.08 Å². The Labute approximate surface area is 81.8 Å². The largest absolute Gasteiger partial charge is 0.378 e. The molecule has 0 saturated heterocycles. The molecular formula is C9H11N3O2. The fraction of sp³-hybridized carbons (Fsp3) is 0.222. The van der Waals surface area contributed by atoms with Gasteiger partial charge in [-0.1, -0.05) is 6.58 Å². The van der Waals surface area contributed by atoms with Crippen LogP contribution in [0.4, 0.5) is 5.95 Å². The topological polar surface area (TPSA) is 64.1 Å². The highest BCUT2D eigenvalue weighted by Gasteiger charge is 2.00. The van der Waals surface area contributed by atoms with Crippen molar-refractivity contribution in [3.63, 3.8) is 0 Å². The number of amides is 1. The van der Waals surface area contributed by atoms with Crippen molar-refractivity contribution in [2.45, 2.75) is 6.61 Å². The molecule has 0 radical (unpaired) electrons. The first-order valence-electron chi connectivity index (χ1n) is 4.00. The molecule has 1 rings (SSSR count). The van der Waals surface area contributed by atoms with Crippen molar-refractivity contribution in [2.24, 2.45) is 0 Å². The molecule has 0 aliphatic heterocycles. The molecule has 1 aromatic heterocycles. The fourth-order valence-corrected chi connectivity index (χ4v) is 0.846. The third kappa shape index (κ3) is 2.95. The van der Waals surface area contributed by atoms with E-state index in [1.165, 1.54) is 0 Å². The summed E-state index contributed by atoms with van der Waals surface area (Å²) in [5.41, 5.74) is 0.710. The summed E-state index contributed by atoms with van der Waals surface area (Å²) in [4.78, 5) is 18.8. The molecule has 0 bridgehead atoms. The van der Waals surface area contributed by atoms with Gasteiger partial charge in [-0.3, -0.25) is 10.1 Å². The van der Waals surface area contributed by atoms with Gasteiger partial charge in [0.1, 0.15) is 0 Å². The van der Waals surface area contributed by atoms with Crippen molar-refractivity contribution in [3.8, 4) is 0 Å². The van der Waals surface area contributed by atoms with Gasteiger partial charge in [0.2, 0.25) is 11.9 Å². The van der Waals surface area contributed by atoms with Crippen molar-refractivity contribution in [2.75, 3.05) is 12.4 Å². The monoisotopic (exact) mass is 193 g/mol. The Morgan fingerprint density at radius 2 is 2.57 bits per heavy atom. The van der Waals surface area contributed by atoms with Gasteiger partial charge in [0.15, 0.2) is 0 Å². The number of carbonyl (C=O) groups excluding carboxylic acids is 1. The van der Waals surface area contributed by atoms with Gasteiger partial charge in [0, 0.05) is 13.3 Å². The standard InChI is InChI=1S/C9H11N3O2/c1-3-8(13)12-9-10-5-4-7(11-9)6-14-2/h3-5H,1,6H2,2H3,(H,10,11,12,13). The molecule has 0 aliphatic rings. The third-order valence-corrected chi connectivity index (χ3v) is 1.43. The second kappa shape index (κ2) is 5.08. The zero-order chi connectivity index (χ0) is 10.4. The summed E-state index contributed by atoms with van der Waals surface area (Å²) in [6.45, 7) is 3.71. The lowest BCUT2D eigenvalue weighted by Gasteiger charge is -2.02. The fourth-order valence-electron chi connectivity index (χ4n) is 0.846. The van der Waals surface area contributed by atoms with Crippen LogP contribution in [0, 0.1) is 0 Å². The Morgan fingerprint density at radius 1 is 1.79 bits per heavy atom. The maximum atomic E-state index is 10.9. The number of nitrogens with zero attached hydrogens (tertiary/aromatic N) is 2. The molecule has 5 heteroatoms. The van der Waals surface area contributed by atoms with Crippen LogP contribution in [-0.2, 0) is 16.1 Å². The van der Waals surface area contributed by atoms with Gasteiger partial charge >= 0.3 is 0 Å². The highest BCUT2D eigenvalue weighted by Crippen LogP contribution is 2.01. The highest BCUT2D eigenvalue weighted by molar-refractivity contribution is 5.97. The van der Waals surface area contributed by atoms with Crippen LogP contribution in [-0.4, -0.2) is 23.0 Å². The highest BCUT2D eigenvalue weighted by atomic mass is 16.5. The molecule has 1 N–H and O–H groups in total. The van der Waals surface area contributed by atoms with Gasteiger partial charge in [0.05, 0.1) is 12.3 Å². The van der Waals surface area contributed by atoms with E-state index in [1.807, 2.05) is 0 Å². The van der Waals surface area contributed by atoms with Crippen LogP contribution in [0.25, 0.3) is 0 Å². The molecule has 74 valence electrons. The zero-order valence-electron chi connectivity index (χ0n) is 7.86. The molecule has 0 unspecified atom stereocenters. The molecule has 0 fully saturated rings. The van der Waals surface area contributed by atoms with Gasteiger partial charge in [0.25, 0.3) is 0 Å². The number of aromatic nitrogens is 2. The number of carbonyl (C=O) groups is 1. The smallest absolute Gasteiger partial charge is 0.250 e. The van der Waals surface area contributed by atoms with Crippen LogP contribution in [0.15, 0.2) is 24.9 Å². The minimum Gasteiger partial charge on any atom is -0.378 e. The molecule has 0 aromatic carbocycles. The lowest BCUT2D eigenvalue weighted by molar-refractivity contribution is -0.111. The molecular weight excluding hydrogens is 182 g/mol. The maximum absolute atomic E-state index is 10.9. The third-order valence-electron chi connectivity index (χ3n) is 1.43. The quantitative estimate of drug-likeness (QED) is 0.716. The second-order valence-electron chi connectivity index (χ2n) is 2.50. The number of hydrogen-bond donors (Lipinski definition) is 1. The summed E-state index contributed by atoms with van der Waals surface area (Å²) in [6.07, 6.45) is 2.71. The van der Waals surface area contributed by atoms with E-state index in [9.17, 15) is 4.79 Å². The van der Waals surface area contributed by atoms with Crippen LogP contribution in [0.2, 0.25) is 0 Å². The number of ether oxygens (including phenoxy) is 1. The molecule has 0 spiro atoms. The van der Waals surface area contributed by atoms with Gasteiger partial charge < -0.3 is 4.74 Å². The number of anilines is 1. The Kier molecular flexibility index (Phi) is 3.75. The van der Waals surface area contributed by atoms with Crippen molar-refractivity contribution in [1.29, 1.82) is 0 Å². The average molecular weight is 193 g/mol. The van der Waals surface area contributed by atoms with E-state index in [1.54, 1.807) is 19.4 Å². The van der Waals surface area contributed by atoms with Crippen molar-refractivity contribution >= 4 is 11.9 Å². The molecule has 1 aromatic rings. The summed E-state index contributed by atoms with van der Waals surface area (Å²) in [5, 5.41) is 2.46. The Morgan fingerprint density at radius 3 is 3.21 bits per heavy atom. The van der Waals surface area contributed by atoms with E-state index in [2.05, 4.69) is 21.9 Å². The van der Waals surface area contributed by atoms with Crippen LogP contribution < -0.4 is 5.32 Å². The molecule has 5 nitrogen and oxygen atoms in total. The normalized spacial score (nSPS) is 9.50. The molecule has 0 atom stereocenters. The summed E-state index contributed by atoms with van der Waals surface area (Å²) < 4.78 is 4.89. The number of hydrogen-bond acceptors (Lipinski definition) is 4. The van der Waals surface area contributed by atoms with Gasteiger partial charge in [-0.25, -0.2) is 9.97 Å². The first-order chi connectivity index (χ1) is 6.76. The van der Waals surface area contributed by atoms with E-state index < -0.39 is 0 Å². The van der Waals surface area contributed by atoms with Crippen LogP contribution in [0.1, 0.15) is 5.69 Å². The summed E-state index contributed by atoms with van der Waals surface area (Å²) in [7, 11) is 1.57. The SMILES string of the molecule is C=CC(=O)Nc1nccc(COC)n1. The van der Waals surface area contributed by atoms with Crippen molar-refractivity contribution < 1.29 is 9.53 Å². The zero-order valence-corrected chi connectivity index (χ0v) is 7.86. The summed E-state index contributed by atoms with van der Waals surface area (Å²) in [6, 6.07) is 1.72. The van der Waals surface area contributed by atoms with Crippen LogP contribution in [0.5, 0.6) is 0 Å². The first kappa shape index (κ1) is 10.3. The maximum Gasteiger partial charge on any atom is 0.250 e. The average Bonchev–Trinajstić information content (AvgIpc) is 2.19. The lowest BCUT2D eigenvalue weighted by atomic mass is 10.4. The van der Waals surface area contributed by atoms with E-state index in [4.69, 9.17) is 4.74 Å². The second-order valence-corrected chi connectivity index (χ2v) is 2.50. The van der Waals surface area contributed by atoms with Crippen molar-refractivity contribution in [3.05, 3.63) is 30.6 Å². The Balaban J connectivity index is 2.72. The lowest BCUT2D eigenvalue weighted by Crippen LogP contribution is -2.11. The predicted octanol–water partition coefficient (Wildman–Crippen LogP) is 0.747. The predicted molar refractivity (Wildman–Crippen MR) is 51.6 cm³/mol. The number of nitrogens with one attached hydrogen (secondary N) is 1. The van der Waals surface area contributed by atoms with Gasteiger partial charge in [-0.05, 0) is 12.1 Å². The summed E-state index contributed by atoms with van der Waals surface area (Å²) >= 11 is 0. The van der Waals surface area contributed by atoms with E-state index in [-0.39, 0.29) is 11.9 Å². The van der Waals surface area contributed by atoms with E-state index in [0.29, 0.717) is 12.3 Å². The van der Waals surface area contributed by atoms with Gasteiger partial charge in [-0.15, -0.1) is 0 Å². The molecule has 14 heavy (non-hydrogen) atoms.